The van der Waals surface area contributed by atoms with Gasteiger partial charge in [-0.1, -0.05) is 85.0 Å². The molecule has 1 fully saturated rings. The topological polar surface area (TPSA) is 48.5 Å². The lowest BCUT2D eigenvalue weighted by atomic mass is 9.90. The van der Waals surface area contributed by atoms with Crippen molar-refractivity contribution in [2.75, 3.05) is 44.2 Å². The number of benzene rings is 3. The van der Waals surface area contributed by atoms with Gasteiger partial charge in [-0.05, 0) is 35.2 Å². The van der Waals surface area contributed by atoms with E-state index in [0.717, 1.165) is 60.9 Å². The van der Waals surface area contributed by atoms with Crippen molar-refractivity contribution in [3.63, 3.8) is 0 Å². The fourth-order valence-electron chi connectivity index (χ4n) is 4.70. The molecule has 1 saturated heterocycles. The Kier molecular flexibility index (Phi) is 7.40. The first-order valence-corrected chi connectivity index (χ1v) is 13.3. The number of hydrogen-bond acceptors (Lipinski definition) is 5. The van der Waals surface area contributed by atoms with Crippen LogP contribution in [0.5, 0.6) is 0 Å². The molecule has 0 atom stereocenters. The molecule has 1 aliphatic heterocycles. The molecule has 5 rings (SSSR count). The highest BCUT2D eigenvalue weighted by atomic mass is 32.1. The molecule has 1 amide bonds. The quantitative estimate of drug-likeness (QED) is 0.385. The standard InChI is InChI=1S/C29H32N4OS/c1-2-22-13-14-25-26(21-22)35-29(31-25)33-19-17-32(18-20-33)16-15-30-28(34)27(23-9-5-3-6-10-23)24-11-7-4-8-12-24/h3-14,21,27H,2,15-20H2,1H3,(H,30,34). The van der Waals surface area contributed by atoms with Crippen molar-refractivity contribution in [1.29, 1.82) is 0 Å². The van der Waals surface area contributed by atoms with Gasteiger partial charge in [-0.15, -0.1) is 0 Å². The smallest absolute Gasteiger partial charge is 0.232 e. The Labute approximate surface area is 211 Å². The first-order chi connectivity index (χ1) is 17.2. The normalized spacial score (nSPS) is 14.5. The van der Waals surface area contributed by atoms with Crippen LogP contribution < -0.4 is 10.2 Å². The first kappa shape index (κ1) is 23.5. The largest absolute Gasteiger partial charge is 0.354 e. The molecular formula is C29H32N4OS. The summed E-state index contributed by atoms with van der Waals surface area (Å²) in [6, 6.07) is 26.7. The zero-order chi connectivity index (χ0) is 24.0. The highest BCUT2D eigenvalue weighted by Crippen LogP contribution is 2.30. The predicted molar refractivity (Wildman–Crippen MR) is 145 cm³/mol. The number of piperazine rings is 1. The third kappa shape index (κ3) is 5.55. The first-order valence-electron chi connectivity index (χ1n) is 12.5. The van der Waals surface area contributed by atoms with Crippen LogP contribution in [-0.2, 0) is 11.2 Å². The van der Waals surface area contributed by atoms with E-state index >= 15 is 0 Å². The van der Waals surface area contributed by atoms with E-state index in [4.69, 9.17) is 4.98 Å². The summed E-state index contributed by atoms with van der Waals surface area (Å²) in [5.74, 6) is -0.233. The van der Waals surface area contributed by atoms with Crippen molar-refractivity contribution < 1.29 is 4.79 Å². The van der Waals surface area contributed by atoms with E-state index in [0.29, 0.717) is 6.54 Å². The van der Waals surface area contributed by atoms with Gasteiger partial charge in [0.25, 0.3) is 0 Å². The monoisotopic (exact) mass is 484 g/mol. The Morgan fingerprint density at radius 3 is 2.23 bits per heavy atom. The average Bonchev–Trinajstić information content (AvgIpc) is 3.34. The highest BCUT2D eigenvalue weighted by molar-refractivity contribution is 7.22. The number of rotatable bonds is 8. The van der Waals surface area contributed by atoms with E-state index in [1.165, 1.54) is 10.3 Å². The number of anilines is 1. The van der Waals surface area contributed by atoms with Crippen LogP contribution in [-0.4, -0.2) is 55.1 Å². The van der Waals surface area contributed by atoms with Crippen LogP contribution in [0, 0.1) is 0 Å². The van der Waals surface area contributed by atoms with Crippen molar-refractivity contribution in [3.05, 3.63) is 95.6 Å². The maximum absolute atomic E-state index is 13.2. The minimum Gasteiger partial charge on any atom is -0.354 e. The third-order valence-electron chi connectivity index (χ3n) is 6.75. The molecule has 35 heavy (non-hydrogen) atoms. The van der Waals surface area contributed by atoms with Crippen molar-refractivity contribution in [2.45, 2.75) is 19.3 Å². The fourth-order valence-corrected chi connectivity index (χ4v) is 5.78. The summed E-state index contributed by atoms with van der Waals surface area (Å²) in [6.45, 7) is 7.58. The summed E-state index contributed by atoms with van der Waals surface area (Å²) in [5.41, 5.74) is 4.50. The molecule has 0 saturated carbocycles. The van der Waals surface area contributed by atoms with Gasteiger partial charge in [-0.3, -0.25) is 9.69 Å². The van der Waals surface area contributed by atoms with Crippen LogP contribution in [0.2, 0.25) is 0 Å². The summed E-state index contributed by atoms with van der Waals surface area (Å²) >= 11 is 1.79. The second-order valence-corrected chi connectivity index (χ2v) is 10.0. The highest BCUT2D eigenvalue weighted by Gasteiger charge is 2.23. The van der Waals surface area contributed by atoms with Crippen molar-refractivity contribution in [1.82, 2.24) is 15.2 Å². The van der Waals surface area contributed by atoms with Gasteiger partial charge in [0.15, 0.2) is 5.13 Å². The van der Waals surface area contributed by atoms with Gasteiger partial charge in [0.2, 0.25) is 5.91 Å². The van der Waals surface area contributed by atoms with Crippen molar-refractivity contribution in [3.8, 4) is 0 Å². The second-order valence-electron chi connectivity index (χ2n) is 9.03. The lowest BCUT2D eigenvalue weighted by molar-refractivity contribution is -0.121. The Hall–Kier alpha value is -3.22. The SMILES string of the molecule is CCc1ccc2nc(N3CCN(CCNC(=O)C(c4ccccc4)c4ccccc4)CC3)sc2c1. The molecule has 6 heteroatoms. The van der Waals surface area contributed by atoms with Crippen molar-refractivity contribution >= 4 is 32.6 Å². The van der Waals surface area contributed by atoms with Crippen LogP contribution in [0.25, 0.3) is 10.2 Å². The van der Waals surface area contributed by atoms with Crippen molar-refractivity contribution in [2.24, 2.45) is 0 Å². The number of nitrogens with one attached hydrogen (secondary N) is 1. The molecule has 1 aromatic heterocycles. The van der Waals surface area contributed by atoms with E-state index in [1.807, 2.05) is 60.7 Å². The number of fused-ring (bicyclic) bond motifs is 1. The summed E-state index contributed by atoms with van der Waals surface area (Å²) in [4.78, 5) is 22.9. The van der Waals surface area contributed by atoms with Gasteiger partial charge >= 0.3 is 0 Å². The molecular weight excluding hydrogens is 452 g/mol. The van der Waals surface area contributed by atoms with Crippen LogP contribution >= 0.6 is 11.3 Å². The minimum absolute atomic E-state index is 0.0574. The molecule has 0 bridgehead atoms. The molecule has 3 aromatic carbocycles. The van der Waals surface area contributed by atoms with E-state index in [-0.39, 0.29) is 11.8 Å². The lowest BCUT2D eigenvalue weighted by Crippen LogP contribution is -2.48. The fraction of sp³-hybridized carbons (Fsp3) is 0.310. The van der Waals surface area contributed by atoms with Gasteiger partial charge in [-0.2, -0.15) is 0 Å². The summed E-state index contributed by atoms with van der Waals surface area (Å²) < 4.78 is 1.27. The maximum atomic E-state index is 13.2. The number of carbonyl (C=O) groups excluding carboxylic acids is 1. The third-order valence-corrected chi connectivity index (χ3v) is 7.83. The van der Waals surface area contributed by atoms with Crippen LogP contribution in [0.15, 0.2) is 78.9 Å². The van der Waals surface area contributed by atoms with Gasteiger partial charge in [0.05, 0.1) is 16.1 Å². The Morgan fingerprint density at radius 1 is 0.943 bits per heavy atom. The van der Waals surface area contributed by atoms with E-state index in [2.05, 4.69) is 40.2 Å². The molecule has 0 aliphatic carbocycles. The minimum atomic E-state index is -0.290. The number of aromatic nitrogens is 1. The Balaban J connectivity index is 1.14. The summed E-state index contributed by atoms with van der Waals surface area (Å²) in [6.07, 6.45) is 1.05. The Bertz CT molecular complexity index is 1210. The molecule has 0 unspecified atom stereocenters. The summed E-state index contributed by atoms with van der Waals surface area (Å²) in [7, 11) is 0. The molecule has 0 spiro atoms. The van der Waals surface area contributed by atoms with Crippen LogP contribution in [0.4, 0.5) is 5.13 Å². The molecule has 180 valence electrons. The Morgan fingerprint density at radius 2 is 1.60 bits per heavy atom. The summed E-state index contributed by atoms with van der Waals surface area (Å²) in [5, 5.41) is 4.31. The van der Waals surface area contributed by atoms with E-state index < -0.39 is 0 Å². The number of aryl methyl sites for hydroxylation is 1. The van der Waals surface area contributed by atoms with Gasteiger partial charge < -0.3 is 10.2 Å². The number of hydrogen-bond donors (Lipinski definition) is 1. The maximum Gasteiger partial charge on any atom is 0.232 e. The lowest BCUT2D eigenvalue weighted by Gasteiger charge is -2.34. The molecule has 1 N–H and O–H groups in total. The van der Waals surface area contributed by atoms with Gasteiger partial charge in [0, 0.05) is 39.3 Å². The molecule has 1 aliphatic rings. The van der Waals surface area contributed by atoms with E-state index in [1.54, 1.807) is 11.3 Å². The molecule has 2 heterocycles. The van der Waals surface area contributed by atoms with Crippen LogP contribution in [0.1, 0.15) is 29.5 Å². The number of nitrogens with zero attached hydrogens (tertiary/aromatic N) is 3. The average molecular weight is 485 g/mol. The van der Waals surface area contributed by atoms with Gasteiger partial charge in [-0.25, -0.2) is 4.98 Å². The predicted octanol–water partition coefficient (Wildman–Crippen LogP) is 4.93. The molecule has 0 radical (unpaired) electrons. The zero-order valence-electron chi connectivity index (χ0n) is 20.2. The second kappa shape index (κ2) is 11.0. The molecule has 4 aromatic rings. The number of amides is 1. The molecule has 5 nitrogen and oxygen atoms in total. The van der Waals surface area contributed by atoms with Gasteiger partial charge in [0.1, 0.15) is 0 Å². The number of carbonyl (C=O) groups is 1. The number of thiazole rings is 1. The van der Waals surface area contributed by atoms with Crippen LogP contribution in [0.3, 0.4) is 0 Å². The zero-order valence-corrected chi connectivity index (χ0v) is 21.0. The van der Waals surface area contributed by atoms with E-state index in [9.17, 15) is 4.79 Å².